The Morgan fingerprint density at radius 3 is 2.50 bits per heavy atom. The molecule has 98 valence electrons. The minimum atomic E-state index is 0.0556. The number of carbonyl (C=O) groups excluding carboxylic acids is 1. The van der Waals surface area contributed by atoms with Gasteiger partial charge >= 0.3 is 0 Å². The molecule has 1 aliphatic heterocycles. The van der Waals surface area contributed by atoms with Crippen molar-refractivity contribution < 1.29 is 9.69 Å². The molecular weight excluding hydrogens is 248 g/mol. The van der Waals surface area contributed by atoms with Crippen LogP contribution in [0.2, 0.25) is 5.02 Å². The SMILES string of the molecule is O=C(C[NH+]1CCCCCC1)Nc1ccccc1Cl. The number of rotatable bonds is 3. The molecule has 0 spiro atoms. The minimum absolute atomic E-state index is 0.0556. The number of amides is 1. The third-order valence-electron chi connectivity index (χ3n) is 3.37. The monoisotopic (exact) mass is 267 g/mol. The Balaban J connectivity index is 1.86. The van der Waals surface area contributed by atoms with Gasteiger partial charge in [-0.2, -0.15) is 0 Å². The van der Waals surface area contributed by atoms with Gasteiger partial charge in [-0.15, -0.1) is 0 Å². The van der Waals surface area contributed by atoms with Crippen LogP contribution in [-0.2, 0) is 4.79 Å². The summed E-state index contributed by atoms with van der Waals surface area (Å²) in [7, 11) is 0. The molecule has 4 heteroatoms. The van der Waals surface area contributed by atoms with Crippen LogP contribution in [0.3, 0.4) is 0 Å². The van der Waals surface area contributed by atoms with Crippen LogP contribution in [0.4, 0.5) is 5.69 Å². The molecule has 18 heavy (non-hydrogen) atoms. The van der Waals surface area contributed by atoms with E-state index in [1.807, 2.05) is 18.2 Å². The normalized spacial score (nSPS) is 17.2. The second-order valence-electron chi connectivity index (χ2n) is 4.87. The van der Waals surface area contributed by atoms with E-state index >= 15 is 0 Å². The van der Waals surface area contributed by atoms with Crippen molar-refractivity contribution in [3.63, 3.8) is 0 Å². The first-order valence-corrected chi connectivity index (χ1v) is 7.01. The van der Waals surface area contributed by atoms with Gasteiger partial charge in [0.05, 0.1) is 23.8 Å². The lowest BCUT2D eigenvalue weighted by atomic mass is 10.2. The van der Waals surface area contributed by atoms with Crippen molar-refractivity contribution in [3.05, 3.63) is 29.3 Å². The summed E-state index contributed by atoms with van der Waals surface area (Å²) in [5.74, 6) is 0.0556. The number of benzene rings is 1. The Morgan fingerprint density at radius 1 is 1.17 bits per heavy atom. The number of carbonyl (C=O) groups is 1. The number of hydrogen-bond acceptors (Lipinski definition) is 1. The average molecular weight is 268 g/mol. The van der Waals surface area contributed by atoms with Gasteiger partial charge in [0.15, 0.2) is 6.54 Å². The number of quaternary nitrogens is 1. The van der Waals surface area contributed by atoms with Gasteiger partial charge in [0.2, 0.25) is 0 Å². The summed E-state index contributed by atoms with van der Waals surface area (Å²) >= 11 is 6.02. The molecule has 2 rings (SSSR count). The molecule has 0 unspecified atom stereocenters. The van der Waals surface area contributed by atoms with Gasteiger partial charge in [0.1, 0.15) is 0 Å². The molecule has 0 bridgehead atoms. The van der Waals surface area contributed by atoms with E-state index in [9.17, 15) is 4.79 Å². The Hall–Kier alpha value is -1.06. The lowest BCUT2D eigenvalue weighted by Gasteiger charge is -2.16. The Morgan fingerprint density at radius 2 is 1.83 bits per heavy atom. The maximum absolute atomic E-state index is 12.0. The molecule has 2 N–H and O–H groups in total. The van der Waals surface area contributed by atoms with Crippen molar-refractivity contribution >= 4 is 23.2 Å². The molecular formula is C14H20ClN2O+. The maximum atomic E-state index is 12.0. The highest BCUT2D eigenvalue weighted by atomic mass is 35.5. The third kappa shape index (κ3) is 4.00. The molecule has 0 atom stereocenters. The largest absolute Gasteiger partial charge is 0.327 e. The summed E-state index contributed by atoms with van der Waals surface area (Å²) in [6.07, 6.45) is 5.06. The maximum Gasteiger partial charge on any atom is 0.279 e. The highest BCUT2D eigenvalue weighted by Gasteiger charge is 2.16. The highest BCUT2D eigenvalue weighted by Crippen LogP contribution is 2.19. The summed E-state index contributed by atoms with van der Waals surface area (Å²) < 4.78 is 0. The second kappa shape index (κ2) is 6.76. The second-order valence-corrected chi connectivity index (χ2v) is 5.28. The minimum Gasteiger partial charge on any atom is -0.327 e. The van der Waals surface area contributed by atoms with Gasteiger partial charge in [-0.1, -0.05) is 23.7 Å². The molecule has 0 aromatic heterocycles. The molecule has 0 saturated carbocycles. The van der Waals surface area contributed by atoms with E-state index in [-0.39, 0.29) is 5.91 Å². The number of halogens is 1. The van der Waals surface area contributed by atoms with Crippen LogP contribution >= 0.6 is 11.6 Å². The number of hydrogen-bond donors (Lipinski definition) is 2. The molecule has 1 saturated heterocycles. The molecule has 1 aliphatic rings. The first-order valence-electron chi connectivity index (χ1n) is 6.63. The standard InChI is InChI=1S/C14H19ClN2O/c15-12-7-3-4-8-13(12)16-14(18)11-17-9-5-1-2-6-10-17/h3-4,7-8H,1-2,5-6,9-11H2,(H,16,18)/p+1. The first-order chi connectivity index (χ1) is 8.75. The molecule has 1 heterocycles. The highest BCUT2D eigenvalue weighted by molar-refractivity contribution is 6.33. The van der Waals surface area contributed by atoms with Crippen molar-refractivity contribution in [2.45, 2.75) is 25.7 Å². The summed E-state index contributed by atoms with van der Waals surface area (Å²) in [6.45, 7) is 2.76. The molecule has 0 aliphatic carbocycles. The molecule has 1 fully saturated rings. The van der Waals surface area contributed by atoms with Gasteiger partial charge in [-0.25, -0.2) is 0 Å². The van der Waals surface area contributed by atoms with Crippen molar-refractivity contribution in [1.29, 1.82) is 0 Å². The van der Waals surface area contributed by atoms with E-state index < -0.39 is 0 Å². The fourth-order valence-electron chi connectivity index (χ4n) is 2.39. The van der Waals surface area contributed by atoms with Crippen LogP contribution < -0.4 is 10.2 Å². The Labute approximate surface area is 113 Å². The molecule has 1 aromatic carbocycles. The lowest BCUT2D eigenvalue weighted by molar-refractivity contribution is -0.890. The summed E-state index contributed by atoms with van der Waals surface area (Å²) in [6, 6.07) is 7.35. The van der Waals surface area contributed by atoms with E-state index in [4.69, 9.17) is 11.6 Å². The van der Waals surface area contributed by atoms with E-state index in [1.165, 1.54) is 30.6 Å². The van der Waals surface area contributed by atoms with Gasteiger partial charge in [-0.05, 0) is 37.8 Å². The van der Waals surface area contributed by atoms with Crippen LogP contribution in [0.5, 0.6) is 0 Å². The smallest absolute Gasteiger partial charge is 0.279 e. The van der Waals surface area contributed by atoms with Gasteiger partial charge in [0, 0.05) is 0 Å². The zero-order valence-electron chi connectivity index (χ0n) is 10.5. The first kappa shape index (κ1) is 13.4. The Kier molecular flexibility index (Phi) is 5.02. The molecule has 0 radical (unpaired) electrons. The fraction of sp³-hybridized carbons (Fsp3) is 0.500. The van der Waals surface area contributed by atoms with E-state index in [0.717, 1.165) is 13.1 Å². The topological polar surface area (TPSA) is 33.5 Å². The van der Waals surface area contributed by atoms with Crippen LogP contribution in [0.1, 0.15) is 25.7 Å². The van der Waals surface area contributed by atoms with Gasteiger partial charge < -0.3 is 10.2 Å². The van der Waals surface area contributed by atoms with E-state index in [0.29, 0.717) is 17.3 Å². The Bertz CT molecular complexity index is 401. The van der Waals surface area contributed by atoms with E-state index in [1.54, 1.807) is 6.07 Å². The van der Waals surface area contributed by atoms with Crippen molar-refractivity contribution in [2.24, 2.45) is 0 Å². The van der Waals surface area contributed by atoms with Crippen LogP contribution in [-0.4, -0.2) is 25.5 Å². The fourth-order valence-corrected chi connectivity index (χ4v) is 2.57. The summed E-state index contributed by atoms with van der Waals surface area (Å²) in [4.78, 5) is 13.3. The van der Waals surface area contributed by atoms with Crippen molar-refractivity contribution in [3.8, 4) is 0 Å². The number of para-hydroxylation sites is 1. The van der Waals surface area contributed by atoms with Crippen LogP contribution in [0, 0.1) is 0 Å². The van der Waals surface area contributed by atoms with Gasteiger partial charge in [0.25, 0.3) is 5.91 Å². The van der Waals surface area contributed by atoms with E-state index in [2.05, 4.69) is 5.32 Å². The number of nitrogens with one attached hydrogen (secondary N) is 2. The molecule has 1 amide bonds. The predicted molar refractivity (Wildman–Crippen MR) is 74.1 cm³/mol. The quantitative estimate of drug-likeness (QED) is 0.859. The van der Waals surface area contributed by atoms with Crippen molar-refractivity contribution in [1.82, 2.24) is 0 Å². The summed E-state index contributed by atoms with van der Waals surface area (Å²) in [5, 5.41) is 3.48. The average Bonchev–Trinajstić information content (AvgIpc) is 2.61. The zero-order valence-corrected chi connectivity index (χ0v) is 11.3. The predicted octanol–water partition coefficient (Wildman–Crippen LogP) is 1.74. The zero-order chi connectivity index (χ0) is 12.8. The van der Waals surface area contributed by atoms with Crippen molar-refractivity contribution in [2.75, 3.05) is 25.0 Å². The van der Waals surface area contributed by atoms with Crippen LogP contribution in [0.25, 0.3) is 0 Å². The van der Waals surface area contributed by atoms with Crippen LogP contribution in [0.15, 0.2) is 24.3 Å². The molecule has 1 aromatic rings. The summed E-state index contributed by atoms with van der Waals surface area (Å²) in [5.41, 5.74) is 0.707. The number of likely N-dealkylation sites (tertiary alicyclic amines) is 1. The van der Waals surface area contributed by atoms with Gasteiger partial charge in [-0.3, -0.25) is 4.79 Å². The number of anilines is 1. The lowest BCUT2D eigenvalue weighted by Crippen LogP contribution is -3.12. The third-order valence-corrected chi connectivity index (χ3v) is 3.70. The molecule has 3 nitrogen and oxygen atoms in total.